The van der Waals surface area contributed by atoms with Crippen molar-refractivity contribution in [2.24, 2.45) is 4.99 Å². The van der Waals surface area contributed by atoms with Crippen LogP contribution < -0.4 is 10.0 Å². The molecule has 8 heteroatoms. The largest absolute Gasteiger partial charge is 0.355 e. The van der Waals surface area contributed by atoms with Gasteiger partial charge in [0.25, 0.3) is 0 Å². The van der Waals surface area contributed by atoms with Crippen LogP contribution in [0.5, 0.6) is 0 Å². The van der Waals surface area contributed by atoms with E-state index >= 15 is 0 Å². The highest BCUT2D eigenvalue weighted by Gasteiger charge is 2.14. The van der Waals surface area contributed by atoms with Crippen LogP contribution in [0, 0.1) is 0 Å². The lowest BCUT2D eigenvalue weighted by Gasteiger charge is -2.20. The maximum Gasteiger partial charge on any atom is 0.208 e. The average Bonchev–Trinajstić information content (AvgIpc) is 2.69. The fraction of sp³-hybridized carbons (Fsp3) is 0.889. The first-order valence-corrected chi connectivity index (χ1v) is 7.32. The highest BCUT2D eigenvalue weighted by atomic mass is 127. The molecule has 1 heterocycles. The topological polar surface area (TPSA) is 73.8 Å². The van der Waals surface area contributed by atoms with Crippen molar-refractivity contribution in [1.82, 2.24) is 14.9 Å². The molecular weight excluding hydrogens is 355 g/mol. The Kier molecular flexibility index (Phi) is 8.05. The van der Waals surface area contributed by atoms with E-state index in [0.717, 1.165) is 25.3 Å². The van der Waals surface area contributed by atoms with Gasteiger partial charge in [-0.25, -0.2) is 13.1 Å². The van der Waals surface area contributed by atoms with Crippen molar-refractivity contribution in [3.63, 3.8) is 0 Å². The standard InChI is InChI=1S/C9H20N4O2S.HI/c1-10-9(13-7-3-4-8-13)11-5-6-12-16(2,14)15;/h12H,3-8H2,1-2H3,(H,10,11);1H. The molecule has 2 N–H and O–H groups in total. The SMILES string of the molecule is CN=C(NCCNS(C)(=O)=O)N1CCCC1.I. The summed E-state index contributed by atoms with van der Waals surface area (Å²) in [6.07, 6.45) is 3.55. The molecule has 1 aliphatic heterocycles. The van der Waals surface area contributed by atoms with Crippen molar-refractivity contribution >= 4 is 40.0 Å². The lowest BCUT2D eigenvalue weighted by Crippen LogP contribution is -2.42. The maximum absolute atomic E-state index is 10.8. The summed E-state index contributed by atoms with van der Waals surface area (Å²) in [6.45, 7) is 2.99. The van der Waals surface area contributed by atoms with E-state index in [1.54, 1.807) is 7.05 Å². The van der Waals surface area contributed by atoms with Crippen molar-refractivity contribution < 1.29 is 8.42 Å². The number of hydrogen-bond acceptors (Lipinski definition) is 3. The van der Waals surface area contributed by atoms with Crippen molar-refractivity contribution in [2.45, 2.75) is 12.8 Å². The molecule has 102 valence electrons. The molecule has 0 unspecified atom stereocenters. The molecule has 0 aliphatic carbocycles. The highest BCUT2D eigenvalue weighted by molar-refractivity contribution is 14.0. The number of hydrogen-bond donors (Lipinski definition) is 2. The minimum atomic E-state index is -3.09. The summed E-state index contributed by atoms with van der Waals surface area (Å²) in [5.41, 5.74) is 0. The number of guanidine groups is 1. The van der Waals surface area contributed by atoms with Crippen LogP contribution in [-0.2, 0) is 10.0 Å². The van der Waals surface area contributed by atoms with Crippen LogP contribution >= 0.6 is 24.0 Å². The second-order valence-electron chi connectivity index (χ2n) is 3.83. The zero-order chi connectivity index (χ0) is 12.0. The van der Waals surface area contributed by atoms with Gasteiger partial charge in [0.05, 0.1) is 6.26 Å². The molecule has 0 amide bonds. The number of likely N-dealkylation sites (tertiary alicyclic amines) is 1. The fourth-order valence-corrected chi connectivity index (χ4v) is 2.14. The number of nitrogens with one attached hydrogen (secondary N) is 2. The predicted octanol–water partition coefficient (Wildman–Crippen LogP) is -0.175. The van der Waals surface area contributed by atoms with Gasteiger partial charge in [-0.15, -0.1) is 24.0 Å². The van der Waals surface area contributed by atoms with Gasteiger partial charge in [0, 0.05) is 33.2 Å². The van der Waals surface area contributed by atoms with Crippen LogP contribution in [0.1, 0.15) is 12.8 Å². The second-order valence-corrected chi connectivity index (χ2v) is 5.67. The minimum Gasteiger partial charge on any atom is -0.355 e. The average molecular weight is 376 g/mol. The van der Waals surface area contributed by atoms with E-state index in [2.05, 4.69) is 19.9 Å². The Bertz CT molecular complexity index is 339. The van der Waals surface area contributed by atoms with E-state index in [9.17, 15) is 8.42 Å². The molecule has 0 saturated carbocycles. The van der Waals surface area contributed by atoms with Crippen LogP contribution in [-0.4, -0.2) is 58.8 Å². The van der Waals surface area contributed by atoms with Gasteiger partial charge in [-0.1, -0.05) is 0 Å². The number of halogens is 1. The lowest BCUT2D eigenvalue weighted by atomic mass is 10.4. The molecule has 1 rings (SSSR count). The minimum absolute atomic E-state index is 0. The van der Waals surface area contributed by atoms with E-state index in [1.165, 1.54) is 12.8 Å². The third-order valence-electron chi connectivity index (χ3n) is 2.39. The van der Waals surface area contributed by atoms with E-state index in [-0.39, 0.29) is 24.0 Å². The molecule has 6 nitrogen and oxygen atoms in total. The van der Waals surface area contributed by atoms with E-state index in [4.69, 9.17) is 0 Å². The Morgan fingerprint density at radius 2 is 1.88 bits per heavy atom. The monoisotopic (exact) mass is 376 g/mol. The predicted molar refractivity (Wildman–Crippen MR) is 80.4 cm³/mol. The molecule has 0 aromatic rings. The normalized spacial score (nSPS) is 16.8. The number of nitrogens with zero attached hydrogens (tertiary/aromatic N) is 2. The van der Waals surface area contributed by atoms with Crippen LogP contribution in [0.2, 0.25) is 0 Å². The van der Waals surface area contributed by atoms with Crippen molar-refractivity contribution in [3.8, 4) is 0 Å². The van der Waals surface area contributed by atoms with Gasteiger partial charge < -0.3 is 10.2 Å². The molecule has 0 atom stereocenters. The summed E-state index contributed by atoms with van der Waals surface area (Å²) in [5.74, 6) is 0.854. The Morgan fingerprint density at radius 1 is 1.29 bits per heavy atom. The van der Waals surface area contributed by atoms with Gasteiger partial charge in [0.1, 0.15) is 0 Å². The van der Waals surface area contributed by atoms with E-state index in [0.29, 0.717) is 13.1 Å². The number of rotatable bonds is 4. The number of aliphatic imine (C=N–C) groups is 1. The van der Waals surface area contributed by atoms with Gasteiger partial charge in [-0.2, -0.15) is 0 Å². The summed E-state index contributed by atoms with van der Waals surface area (Å²) in [5, 5.41) is 3.13. The Hall–Kier alpha value is -0.0900. The van der Waals surface area contributed by atoms with E-state index in [1.807, 2.05) is 0 Å². The zero-order valence-corrected chi connectivity index (χ0v) is 13.4. The molecule has 0 spiro atoms. The van der Waals surface area contributed by atoms with Gasteiger partial charge in [-0.3, -0.25) is 4.99 Å². The van der Waals surface area contributed by atoms with Crippen LogP contribution in [0.25, 0.3) is 0 Å². The van der Waals surface area contributed by atoms with Crippen molar-refractivity contribution in [2.75, 3.05) is 39.5 Å². The molecule has 1 aliphatic rings. The quantitative estimate of drug-likeness (QED) is 0.309. The summed E-state index contributed by atoms with van der Waals surface area (Å²) in [6, 6.07) is 0. The molecule has 1 fully saturated rings. The van der Waals surface area contributed by atoms with Crippen LogP contribution in [0.15, 0.2) is 4.99 Å². The first-order valence-electron chi connectivity index (χ1n) is 5.43. The maximum atomic E-state index is 10.8. The molecule has 0 bridgehead atoms. The van der Waals surface area contributed by atoms with Gasteiger partial charge >= 0.3 is 0 Å². The van der Waals surface area contributed by atoms with Gasteiger partial charge in [0.2, 0.25) is 10.0 Å². The summed E-state index contributed by atoms with van der Waals surface area (Å²) in [4.78, 5) is 6.34. The van der Waals surface area contributed by atoms with Crippen molar-refractivity contribution in [1.29, 1.82) is 0 Å². The second kappa shape index (κ2) is 8.09. The summed E-state index contributed by atoms with van der Waals surface area (Å²) in [7, 11) is -1.35. The lowest BCUT2D eigenvalue weighted by molar-refractivity contribution is 0.493. The van der Waals surface area contributed by atoms with E-state index < -0.39 is 10.0 Å². The molecule has 0 aromatic carbocycles. The molecule has 0 aromatic heterocycles. The summed E-state index contributed by atoms with van der Waals surface area (Å²) >= 11 is 0. The molecule has 17 heavy (non-hydrogen) atoms. The molecule has 1 saturated heterocycles. The Morgan fingerprint density at radius 3 is 2.35 bits per heavy atom. The van der Waals surface area contributed by atoms with Crippen molar-refractivity contribution in [3.05, 3.63) is 0 Å². The van der Waals surface area contributed by atoms with Gasteiger partial charge in [0.15, 0.2) is 5.96 Å². The third-order valence-corrected chi connectivity index (χ3v) is 3.12. The third kappa shape index (κ3) is 7.04. The zero-order valence-electron chi connectivity index (χ0n) is 10.3. The smallest absolute Gasteiger partial charge is 0.208 e. The highest BCUT2D eigenvalue weighted by Crippen LogP contribution is 2.06. The Balaban J connectivity index is 0.00000256. The fourth-order valence-electron chi connectivity index (χ4n) is 1.67. The number of sulfonamides is 1. The molecular formula is C9H21IN4O2S. The molecule has 0 radical (unpaired) electrons. The van der Waals surface area contributed by atoms with Gasteiger partial charge in [-0.05, 0) is 12.8 Å². The Labute approximate surface area is 120 Å². The summed E-state index contributed by atoms with van der Waals surface area (Å²) < 4.78 is 24.1. The first kappa shape index (κ1) is 16.9. The van der Waals surface area contributed by atoms with Crippen LogP contribution in [0.4, 0.5) is 0 Å². The van der Waals surface area contributed by atoms with Crippen LogP contribution in [0.3, 0.4) is 0 Å². The first-order chi connectivity index (χ1) is 7.53.